The molecule has 0 atom stereocenters. The summed E-state index contributed by atoms with van der Waals surface area (Å²) < 4.78 is 12.7. The molecule has 0 fully saturated rings. The summed E-state index contributed by atoms with van der Waals surface area (Å²) >= 11 is 0. The second-order valence-corrected chi connectivity index (χ2v) is 3.67. The highest BCUT2D eigenvalue weighted by molar-refractivity contribution is 5.93. The molecule has 0 saturated carbocycles. The summed E-state index contributed by atoms with van der Waals surface area (Å²) in [5, 5.41) is 0. The Balaban J connectivity index is 2.30. The number of pyridine rings is 1. The number of benzene rings is 1. The van der Waals surface area contributed by atoms with E-state index in [1.807, 2.05) is 0 Å². The van der Waals surface area contributed by atoms with Gasteiger partial charge >= 0.3 is 0 Å². The molecule has 0 radical (unpaired) electrons. The van der Waals surface area contributed by atoms with E-state index in [0.717, 1.165) is 5.56 Å². The zero-order chi connectivity index (χ0) is 12.3. The van der Waals surface area contributed by atoms with Crippen LogP contribution in [0.4, 0.5) is 4.39 Å². The van der Waals surface area contributed by atoms with Crippen LogP contribution in [0.15, 0.2) is 42.6 Å². The lowest BCUT2D eigenvalue weighted by Crippen LogP contribution is -2.14. The molecule has 4 heteroatoms. The fourth-order valence-electron chi connectivity index (χ4n) is 1.60. The van der Waals surface area contributed by atoms with Crippen LogP contribution in [-0.2, 0) is 6.42 Å². The number of nitrogens with zero attached hydrogens (tertiary/aromatic N) is 1. The highest BCUT2D eigenvalue weighted by Gasteiger charge is 2.09. The average molecular weight is 230 g/mol. The summed E-state index contributed by atoms with van der Waals surface area (Å²) in [6.45, 7) is 0. The molecule has 2 aromatic rings. The standard InChI is InChI=1S/C13H11FN2O/c14-10-5-3-9(4-6-10)8-12-11(13(15)17)2-1-7-16-12/h1-7H,8H2,(H2,15,17). The maximum Gasteiger partial charge on any atom is 0.250 e. The lowest BCUT2D eigenvalue weighted by molar-refractivity contribution is 0.0999. The molecule has 1 amide bonds. The van der Waals surface area contributed by atoms with Gasteiger partial charge in [0, 0.05) is 12.6 Å². The summed E-state index contributed by atoms with van der Waals surface area (Å²) in [6.07, 6.45) is 2.06. The first-order chi connectivity index (χ1) is 8.16. The summed E-state index contributed by atoms with van der Waals surface area (Å²) in [5.74, 6) is -0.792. The van der Waals surface area contributed by atoms with Crippen molar-refractivity contribution in [1.82, 2.24) is 4.98 Å². The highest BCUT2D eigenvalue weighted by Crippen LogP contribution is 2.12. The van der Waals surface area contributed by atoms with Gasteiger partial charge in [0.2, 0.25) is 0 Å². The molecule has 17 heavy (non-hydrogen) atoms. The number of primary amides is 1. The number of carbonyl (C=O) groups is 1. The second kappa shape index (κ2) is 4.74. The van der Waals surface area contributed by atoms with E-state index >= 15 is 0 Å². The Kier molecular flexibility index (Phi) is 3.14. The largest absolute Gasteiger partial charge is 0.366 e. The van der Waals surface area contributed by atoms with Gasteiger partial charge in [-0.3, -0.25) is 9.78 Å². The van der Waals surface area contributed by atoms with Crippen LogP contribution in [0.1, 0.15) is 21.6 Å². The molecule has 0 aliphatic heterocycles. The van der Waals surface area contributed by atoms with Gasteiger partial charge in [0.25, 0.3) is 5.91 Å². The van der Waals surface area contributed by atoms with Crippen LogP contribution in [0.5, 0.6) is 0 Å². The predicted octanol–water partition coefficient (Wildman–Crippen LogP) is 1.91. The first-order valence-corrected chi connectivity index (χ1v) is 5.15. The van der Waals surface area contributed by atoms with Gasteiger partial charge in [0.1, 0.15) is 5.82 Å². The summed E-state index contributed by atoms with van der Waals surface area (Å²) in [4.78, 5) is 15.3. The van der Waals surface area contributed by atoms with Gasteiger partial charge in [-0.1, -0.05) is 12.1 Å². The molecule has 1 aromatic carbocycles. The lowest BCUT2D eigenvalue weighted by atomic mass is 10.0. The zero-order valence-electron chi connectivity index (χ0n) is 9.06. The van der Waals surface area contributed by atoms with Gasteiger partial charge in [-0.05, 0) is 29.8 Å². The third kappa shape index (κ3) is 2.66. The van der Waals surface area contributed by atoms with Crippen molar-refractivity contribution >= 4 is 5.91 Å². The van der Waals surface area contributed by atoms with Crippen LogP contribution >= 0.6 is 0 Å². The van der Waals surface area contributed by atoms with Gasteiger partial charge in [0.05, 0.1) is 11.3 Å². The molecule has 2 rings (SSSR count). The molecule has 0 bridgehead atoms. The first kappa shape index (κ1) is 11.3. The lowest BCUT2D eigenvalue weighted by Gasteiger charge is -2.05. The third-order valence-electron chi connectivity index (χ3n) is 2.44. The molecular formula is C13H11FN2O. The monoisotopic (exact) mass is 230 g/mol. The van der Waals surface area contributed by atoms with Crippen LogP contribution in [0, 0.1) is 5.82 Å². The second-order valence-electron chi connectivity index (χ2n) is 3.67. The van der Waals surface area contributed by atoms with Crippen LogP contribution in [0.25, 0.3) is 0 Å². The molecule has 0 unspecified atom stereocenters. The molecule has 0 aliphatic carbocycles. The van der Waals surface area contributed by atoms with Crippen molar-refractivity contribution in [3.8, 4) is 0 Å². The van der Waals surface area contributed by atoms with Crippen LogP contribution in [-0.4, -0.2) is 10.9 Å². The number of rotatable bonds is 3. The number of halogens is 1. The number of amides is 1. The van der Waals surface area contributed by atoms with Gasteiger partial charge in [-0.2, -0.15) is 0 Å². The van der Waals surface area contributed by atoms with Crippen molar-refractivity contribution in [2.75, 3.05) is 0 Å². The van der Waals surface area contributed by atoms with Gasteiger partial charge in [0.15, 0.2) is 0 Å². The SMILES string of the molecule is NC(=O)c1cccnc1Cc1ccc(F)cc1. The summed E-state index contributed by atoms with van der Waals surface area (Å²) in [6, 6.07) is 9.37. The minimum atomic E-state index is -0.504. The Labute approximate surface area is 98.1 Å². The normalized spacial score (nSPS) is 10.2. The molecule has 3 nitrogen and oxygen atoms in total. The fourth-order valence-corrected chi connectivity index (χ4v) is 1.60. The maximum absolute atomic E-state index is 12.7. The van der Waals surface area contributed by atoms with E-state index in [4.69, 9.17) is 5.73 Å². The smallest absolute Gasteiger partial charge is 0.250 e. The predicted molar refractivity (Wildman–Crippen MR) is 62.0 cm³/mol. The molecule has 86 valence electrons. The van der Waals surface area contributed by atoms with E-state index in [1.165, 1.54) is 12.1 Å². The summed E-state index contributed by atoms with van der Waals surface area (Å²) in [7, 11) is 0. The number of carbonyl (C=O) groups excluding carboxylic acids is 1. The molecule has 0 spiro atoms. The first-order valence-electron chi connectivity index (χ1n) is 5.15. The van der Waals surface area contributed by atoms with E-state index < -0.39 is 5.91 Å². The highest BCUT2D eigenvalue weighted by atomic mass is 19.1. The average Bonchev–Trinajstić information content (AvgIpc) is 2.32. The Morgan fingerprint density at radius 1 is 1.24 bits per heavy atom. The van der Waals surface area contributed by atoms with Gasteiger partial charge < -0.3 is 5.73 Å². The molecular weight excluding hydrogens is 219 g/mol. The van der Waals surface area contributed by atoms with Crippen molar-refractivity contribution in [2.45, 2.75) is 6.42 Å². The Morgan fingerprint density at radius 2 is 1.94 bits per heavy atom. The topological polar surface area (TPSA) is 56.0 Å². The minimum Gasteiger partial charge on any atom is -0.366 e. The molecule has 2 N–H and O–H groups in total. The number of hydrogen-bond acceptors (Lipinski definition) is 2. The quantitative estimate of drug-likeness (QED) is 0.875. The van der Waals surface area contributed by atoms with Crippen molar-refractivity contribution in [3.05, 3.63) is 65.2 Å². The van der Waals surface area contributed by atoms with E-state index in [-0.39, 0.29) is 5.82 Å². The Bertz CT molecular complexity index is 537. The van der Waals surface area contributed by atoms with Crippen LogP contribution < -0.4 is 5.73 Å². The number of aromatic nitrogens is 1. The molecule has 1 heterocycles. The number of hydrogen-bond donors (Lipinski definition) is 1. The Morgan fingerprint density at radius 3 is 2.59 bits per heavy atom. The van der Waals surface area contributed by atoms with Crippen molar-refractivity contribution in [3.63, 3.8) is 0 Å². The van der Waals surface area contributed by atoms with Crippen molar-refractivity contribution in [2.24, 2.45) is 5.73 Å². The van der Waals surface area contributed by atoms with Crippen molar-refractivity contribution in [1.29, 1.82) is 0 Å². The van der Waals surface area contributed by atoms with Gasteiger partial charge in [-0.25, -0.2) is 4.39 Å². The third-order valence-corrected chi connectivity index (χ3v) is 2.44. The number of nitrogens with two attached hydrogens (primary N) is 1. The van der Waals surface area contributed by atoms with E-state index in [9.17, 15) is 9.18 Å². The van der Waals surface area contributed by atoms with E-state index in [0.29, 0.717) is 17.7 Å². The van der Waals surface area contributed by atoms with Crippen LogP contribution in [0.3, 0.4) is 0 Å². The summed E-state index contributed by atoms with van der Waals surface area (Å²) in [5.41, 5.74) is 7.14. The van der Waals surface area contributed by atoms with Crippen molar-refractivity contribution < 1.29 is 9.18 Å². The van der Waals surface area contributed by atoms with Crippen LogP contribution in [0.2, 0.25) is 0 Å². The molecule has 0 saturated heterocycles. The molecule has 0 aliphatic rings. The minimum absolute atomic E-state index is 0.287. The molecule has 1 aromatic heterocycles. The fraction of sp³-hybridized carbons (Fsp3) is 0.0769. The zero-order valence-corrected chi connectivity index (χ0v) is 9.06. The van der Waals surface area contributed by atoms with Gasteiger partial charge in [-0.15, -0.1) is 0 Å². The maximum atomic E-state index is 12.7. The van der Waals surface area contributed by atoms with E-state index in [1.54, 1.807) is 30.5 Å². The Hall–Kier alpha value is -2.23. The van der Waals surface area contributed by atoms with E-state index in [2.05, 4.69) is 4.98 Å².